The number of primary sulfonamides is 1. The lowest BCUT2D eigenvalue weighted by atomic mass is 9.96. The number of halogens is 2. The highest BCUT2D eigenvalue weighted by molar-refractivity contribution is 7.89. The van der Waals surface area contributed by atoms with Gasteiger partial charge in [-0.25, -0.2) is 22.3 Å². The Bertz CT molecular complexity index is 950. The van der Waals surface area contributed by atoms with Gasteiger partial charge in [0.05, 0.1) is 17.4 Å². The number of furan rings is 1. The van der Waals surface area contributed by atoms with Gasteiger partial charge in [0.15, 0.2) is 11.6 Å². The van der Waals surface area contributed by atoms with E-state index in [-0.39, 0.29) is 4.90 Å². The predicted molar refractivity (Wildman–Crippen MR) is 80.9 cm³/mol. The molecule has 2 N–H and O–H groups in total. The molecule has 0 bridgehead atoms. The van der Waals surface area contributed by atoms with Crippen molar-refractivity contribution >= 4 is 10.0 Å². The van der Waals surface area contributed by atoms with Gasteiger partial charge in [0, 0.05) is 5.56 Å². The van der Waals surface area contributed by atoms with Gasteiger partial charge in [-0.2, -0.15) is 0 Å². The second-order valence-corrected chi connectivity index (χ2v) is 6.45. The second-order valence-electron chi connectivity index (χ2n) is 4.89. The van der Waals surface area contributed by atoms with Crippen molar-refractivity contribution in [2.45, 2.75) is 4.90 Å². The van der Waals surface area contributed by atoms with E-state index in [1.54, 1.807) is 6.07 Å². The maximum atomic E-state index is 13.6. The van der Waals surface area contributed by atoms with Crippen LogP contribution in [0.25, 0.3) is 22.3 Å². The molecule has 0 aliphatic heterocycles. The molecule has 0 aliphatic carbocycles. The Kier molecular flexibility index (Phi) is 3.75. The zero-order chi connectivity index (χ0) is 16.6. The van der Waals surface area contributed by atoms with Crippen molar-refractivity contribution in [1.29, 1.82) is 0 Å². The lowest BCUT2D eigenvalue weighted by molar-refractivity contribution is 0.509. The van der Waals surface area contributed by atoms with E-state index >= 15 is 0 Å². The molecule has 0 aliphatic rings. The van der Waals surface area contributed by atoms with Crippen LogP contribution in [-0.2, 0) is 10.0 Å². The second kappa shape index (κ2) is 5.60. The Balaban J connectivity index is 2.18. The maximum Gasteiger partial charge on any atom is 0.238 e. The predicted octanol–water partition coefficient (Wildman–Crippen LogP) is 3.54. The van der Waals surface area contributed by atoms with Gasteiger partial charge in [0.1, 0.15) is 0 Å². The number of hydrogen-bond acceptors (Lipinski definition) is 3. The third kappa shape index (κ3) is 3.01. The summed E-state index contributed by atoms with van der Waals surface area (Å²) < 4.78 is 54.8. The molecule has 2 aromatic carbocycles. The third-order valence-corrected chi connectivity index (χ3v) is 4.32. The molecule has 1 heterocycles. The minimum atomic E-state index is -3.82. The van der Waals surface area contributed by atoms with Crippen LogP contribution in [0.2, 0.25) is 0 Å². The van der Waals surface area contributed by atoms with Gasteiger partial charge < -0.3 is 4.42 Å². The van der Waals surface area contributed by atoms with E-state index in [2.05, 4.69) is 0 Å². The number of hydrogen-bond donors (Lipinski definition) is 1. The zero-order valence-corrected chi connectivity index (χ0v) is 12.5. The van der Waals surface area contributed by atoms with Gasteiger partial charge in [-0.15, -0.1) is 0 Å². The molecule has 0 atom stereocenters. The molecule has 7 heteroatoms. The van der Waals surface area contributed by atoms with E-state index in [0.29, 0.717) is 22.3 Å². The van der Waals surface area contributed by atoms with Crippen molar-refractivity contribution in [1.82, 2.24) is 0 Å². The molecule has 0 spiro atoms. The molecule has 0 amide bonds. The van der Waals surface area contributed by atoms with Crippen LogP contribution in [0.3, 0.4) is 0 Å². The smallest absolute Gasteiger partial charge is 0.238 e. The van der Waals surface area contributed by atoms with E-state index < -0.39 is 21.7 Å². The quantitative estimate of drug-likeness (QED) is 0.795. The zero-order valence-electron chi connectivity index (χ0n) is 11.7. The lowest BCUT2D eigenvalue weighted by Crippen LogP contribution is -2.11. The van der Waals surface area contributed by atoms with Crippen molar-refractivity contribution in [2.24, 2.45) is 5.14 Å². The summed E-state index contributed by atoms with van der Waals surface area (Å²) in [5, 5.41) is 5.05. The first-order valence-electron chi connectivity index (χ1n) is 6.51. The normalized spacial score (nSPS) is 11.6. The Labute approximate surface area is 131 Å². The summed E-state index contributed by atoms with van der Waals surface area (Å²) in [4.78, 5) is -0.0614. The SMILES string of the molecule is NS(=O)(=O)c1ccc(-c2cc(F)c(F)cc2-c2ccoc2)cc1. The largest absolute Gasteiger partial charge is 0.472 e. The summed E-state index contributed by atoms with van der Waals surface area (Å²) in [6.45, 7) is 0. The summed E-state index contributed by atoms with van der Waals surface area (Å²) in [5.74, 6) is -1.98. The highest BCUT2D eigenvalue weighted by atomic mass is 32.2. The molecule has 0 saturated carbocycles. The fourth-order valence-electron chi connectivity index (χ4n) is 2.27. The van der Waals surface area contributed by atoms with Gasteiger partial charge in [-0.05, 0) is 47.0 Å². The number of benzene rings is 2. The molecular formula is C16H11F2NO3S. The van der Waals surface area contributed by atoms with Crippen LogP contribution in [0.4, 0.5) is 8.78 Å². The molecule has 118 valence electrons. The van der Waals surface area contributed by atoms with Crippen LogP contribution in [0.15, 0.2) is 64.3 Å². The summed E-state index contributed by atoms with van der Waals surface area (Å²) in [5.41, 5.74) is 1.94. The summed E-state index contributed by atoms with van der Waals surface area (Å²) in [6.07, 6.45) is 2.83. The monoisotopic (exact) mass is 335 g/mol. The van der Waals surface area contributed by atoms with Crippen molar-refractivity contribution < 1.29 is 21.6 Å². The Morgan fingerprint density at radius 1 is 0.870 bits per heavy atom. The average Bonchev–Trinajstić information content (AvgIpc) is 3.03. The minimum Gasteiger partial charge on any atom is -0.472 e. The van der Waals surface area contributed by atoms with E-state index in [4.69, 9.17) is 9.56 Å². The van der Waals surface area contributed by atoms with E-state index in [0.717, 1.165) is 12.1 Å². The molecule has 3 aromatic rings. The number of sulfonamides is 1. The van der Waals surface area contributed by atoms with Crippen LogP contribution in [0, 0.1) is 11.6 Å². The average molecular weight is 335 g/mol. The highest BCUT2D eigenvalue weighted by Gasteiger charge is 2.15. The lowest BCUT2D eigenvalue weighted by Gasteiger charge is -2.10. The number of rotatable bonds is 3. The summed E-state index contributed by atoms with van der Waals surface area (Å²) in [7, 11) is -3.82. The fraction of sp³-hybridized carbons (Fsp3) is 0. The van der Waals surface area contributed by atoms with Crippen molar-refractivity contribution in [3.05, 3.63) is 66.6 Å². The first kappa shape index (κ1) is 15.4. The standard InChI is InChI=1S/C16H11F2NO3S/c17-15-7-13(10-1-3-12(4-2-10)23(19,20)21)14(8-16(15)18)11-5-6-22-9-11/h1-9H,(H2,19,20,21). The molecule has 0 fully saturated rings. The van der Waals surface area contributed by atoms with E-state index in [1.165, 1.54) is 36.8 Å². The van der Waals surface area contributed by atoms with Gasteiger partial charge in [0.25, 0.3) is 0 Å². The molecule has 3 rings (SSSR count). The first-order chi connectivity index (χ1) is 10.9. The van der Waals surface area contributed by atoms with Gasteiger partial charge in [0.2, 0.25) is 10.0 Å². The van der Waals surface area contributed by atoms with Crippen LogP contribution in [0.5, 0.6) is 0 Å². The van der Waals surface area contributed by atoms with Crippen LogP contribution >= 0.6 is 0 Å². The van der Waals surface area contributed by atoms with Crippen molar-refractivity contribution in [3.8, 4) is 22.3 Å². The Morgan fingerprint density at radius 3 is 1.91 bits per heavy atom. The Morgan fingerprint density at radius 2 is 1.43 bits per heavy atom. The van der Waals surface area contributed by atoms with E-state index in [1.807, 2.05) is 0 Å². The third-order valence-electron chi connectivity index (χ3n) is 3.39. The van der Waals surface area contributed by atoms with Gasteiger partial charge in [-0.3, -0.25) is 0 Å². The summed E-state index contributed by atoms with van der Waals surface area (Å²) >= 11 is 0. The fourth-order valence-corrected chi connectivity index (χ4v) is 2.78. The molecule has 4 nitrogen and oxygen atoms in total. The van der Waals surface area contributed by atoms with Crippen molar-refractivity contribution in [3.63, 3.8) is 0 Å². The molecule has 1 aromatic heterocycles. The van der Waals surface area contributed by atoms with Gasteiger partial charge in [-0.1, -0.05) is 12.1 Å². The molecule has 0 saturated heterocycles. The van der Waals surface area contributed by atoms with Crippen molar-refractivity contribution in [2.75, 3.05) is 0 Å². The summed E-state index contributed by atoms with van der Waals surface area (Å²) in [6, 6.07) is 9.34. The van der Waals surface area contributed by atoms with Crippen LogP contribution < -0.4 is 5.14 Å². The maximum absolute atomic E-state index is 13.6. The molecule has 0 unspecified atom stereocenters. The van der Waals surface area contributed by atoms with Crippen LogP contribution in [-0.4, -0.2) is 8.42 Å². The van der Waals surface area contributed by atoms with E-state index in [9.17, 15) is 17.2 Å². The molecule has 23 heavy (non-hydrogen) atoms. The van der Waals surface area contributed by atoms with Gasteiger partial charge >= 0.3 is 0 Å². The molecular weight excluding hydrogens is 324 g/mol. The Hall–Kier alpha value is -2.51. The number of nitrogens with two attached hydrogens (primary N) is 1. The minimum absolute atomic E-state index is 0.0614. The first-order valence-corrected chi connectivity index (χ1v) is 8.06. The highest BCUT2D eigenvalue weighted by Crippen LogP contribution is 2.34. The molecule has 0 radical (unpaired) electrons. The van der Waals surface area contributed by atoms with Crippen LogP contribution in [0.1, 0.15) is 0 Å². The topological polar surface area (TPSA) is 73.3 Å².